The highest BCUT2D eigenvalue weighted by molar-refractivity contribution is 7.98. The minimum absolute atomic E-state index is 0.548. The highest BCUT2D eigenvalue weighted by atomic mass is 32.2. The maximum atomic E-state index is 12.0. The fourth-order valence-corrected chi connectivity index (χ4v) is 3.54. The summed E-state index contributed by atoms with van der Waals surface area (Å²) in [6.45, 7) is 2.02. The molecule has 126 valence electrons. The third-order valence-electron chi connectivity index (χ3n) is 3.63. The summed E-state index contributed by atoms with van der Waals surface area (Å²) >= 11 is 1.87. The smallest absolute Gasteiger partial charge is 0.279 e. The highest BCUT2D eigenvalue weighted by Crippen LogP contribution is 2.18. The van der Waals surface area contributed by atoms with Crippen LogP contribution in [0.4, 0.5) is 0 Å². The molecule has 0 bridgehead atoms. The lowest BCUT2D eigenvalue weighted by Gasteiger charge is -2.17. The molecule has 0 spiro atoms. The number of unbranched alkanes of at least 4 members (excludes halogenated alkanes) is 3. The Balaban J connectivity index is 2.01. The van der Waals surface area contributed by atoms with Crippen molar-refractivity contribution in [1.29, 1.82) is 0 Å². The topological polar surface area (TPSA) is 61.4 Å². The van der Waals surface area contributed by atoms with E-state index < -0.39 is 10.2 Å². The van der Waals surface area contributed by atoms with Crippen molar-refractivity contribution < 1.29 is 8.42 Å². The Morgan fingerprint density at radius 1 is 1.10 bits per heavy atom. The zero-order valence-electron chi connectivity index (χ0n) is 13.4. The van der Waals surface area contributed by atoms with Crippen LogP contribution in [0.15, 0.2) is 0 Å². The Hall–Kier alpha value is 0.180. The molecule has 0 aromatic heterocycles. The molecule has 0 aromatic rings. The largest absolute Gasteiger partial charge is 0.314 e. The predicted molar refractivity (Wildman–Crippen MR) is 92.0 cm³/mol. The molecular formula is C14H31N3O2S2. The number of rotatable bonds is 14. The average Bonchev–Trinajstić information content (AvgIpc) is 3.26. The van der Waals surface area contributed by atoms with E-state index in [1.54, 1.807) is 7.05 Å². The maximum absolute atomic E-state index is 12.0. The van der Waals surface area contributed by atoms with Gasteiger partial charge in [0.1, 0.15) is 0 Å². The van der Waals surface area contributed by atoms with E-state index >= 15 is 0 Å². The molecule has 1 aliphatic rings. The first-order valence-electron chi connectivity index (χ1n) is 7.99. The Morgan fingerprint density at radius 2 is 1.81 bits per heavy atom. The predicted octanol–water partition coefficient (Wildman–Crippen LogP) is 1.82. The number of thioether (sulfide) groups is 1. The number of nitrogens with zero attached hydrogens (tertiary/aromatic N) is 1. The zero-order valence-corrected chi connectivity index (χ0v) is 15.1. The summed E-state index contributed by atoms with van der Waals surface area (Å²) in [6, 6.07) is 0.691. The van der Waals surface area contributed by atoms with Crippen LogP contribution in [0.25, 0.3) is 0 Å². The summed E-state index contributed by atoms with van der Waals surface area (Å²) in [4.78, 5) is 0. The molecule has 5 nitrogen and oxygen atoms in total. The van der Waals surface area contributed by atoms with Crippen LogP contribution in [0.5, 0.6) is 0 Å². The molecule has 1 saturated carbocycles. The van der Waals surface area contributed by atoms with Crippen molar-refractivity contribution in [3.05, 3.63) is 0 Å². The van der Waals surface area contributed by atoms with Crippen LogP contribution in [-0.2, 0) is 10.2 Å². The van der Waals surface area contributed by atoms with Gasteiger partial charge < -0.3 is 5.32 Å². The van der Waals surface area contributed by atoms with Gasteiger partial charge in [0.15, 0.2) is 0 Å². The van der Waals surface area contributed by atoms with Crippen molar-refractivity contribution in [3.8, 4) is 0 Å². The fourth-order valence-electron chi connectivity index (χ4n) is 2.05. The van der Waals surface area contributed by atoms with Crippen molar-refractivity contribution in [2.45, 2.75) is 51.0 Å². The van der Waals surface area contributed by atoms with Crippen molar-refractivity contribution in [1.82, 2.24) is 14.3 Å². The normalized spacial score (nSPS) is 15.8. The molecule has 0 atom stereocenters. The van der Waals surface area contributed by atoms with E-state index in [2.05, 4.69) is 16.3 Å². The van der Waals surface area contributed by atoms with E-state index in [9.17, 15) is 8.42 Å². The van der Waals surface area contributed by atoms with Gasteiger partial charge in [-0.15, -0.1) is 0 Å². The lowest BCUT2D eigenvalue weighted by Crippen LogP contribution is -2.39. The van der Waals surface area contributed by atoms with Gasteiger partial charge in [0.05, 0.1) is 0 Å². The molecule has 0 heterocycles. The second kappa shape index (κ2) is 10.8. The van der Waals surface area contributed by atoms with Gasteiger partial charge in [0, 0.05) is 26.2 Å². The minimum Gasteiger partial charge on any atom is -0.314 e. The first-order chi connectivity index (χ1) is 10.1. The van der Waals surface area contributed by atoms with E-state index in [0.29, 0.717) is 19.1 Å². The molecule has 0 unspecified atom stereocenters. The fraction of sp³-hybridized carbons (Fsp3) is 1.00. The van der Waals surface area contributed by atoms with E-state index in [0.717, 1.165) is 25.8 Å². The van der Waals surface area contributed by atoms with Gasteiger partial charge in [-0.05, 0) is 50.7 Å². The van der Waals surface area contributed by atoms with Crippen molar-refractivity contribution in [2.24, 2.45) is 0 Å². The van der Waals surface area contributed by atoms with Crippen molar-refractivity contribution >= 4 is 22.0 Å². The van der Waals surface area contributed by atoms with Crippen LogP contribution in [0, 0.1) is 0 Å². The summed E-state index contributed by atoms with van der Waals surface area (Å²) in [5.74, 6) is 1.20. The molecule has 21 heavy (non-hydrogen) atoms. The summed E-state index contributed by atoms with van der Waals surface area (Å²) in [6.07, 6.45) is 9.95. The van der Waals surface area contributed by atoms with E-state index in [1.807, 2.05) is 11.8 Å². The number of hydrogen-bond donors (Lipinski definition) is 2. The SMILES string of the molecule is CSCCCCCCNS(=O)(=O)N(C)CCCNC1CC1. The van der Waals surface area contributed by atoms with Gasteiger partial charge in [-0.25, -0.2) is 4.72 Å². The van der Waals surface area contributed by atoms with Gasteiger partial charge in [-0.3, -0.25) is 0 Å². The standard InChI is InChI=1S/C14H31N3O2S2/c1-17(12-7-10-15-14-8-9-14)21(18,19)16-11-5-3-4-6-13-20-2/h14-16H,3-13H2,1-2H3. The Kier molecular flexibility index (Phi) is 9.92. The molecule has 1 fully saturated rings. The van der Waals surface area contributed by atoms with Gasteiger partial charge >= 0.3 is 0 Å². The molecule has 0 aromatic carbocycles. The van der Waals surface area contributed by atoms with Crippen molar-refractivity contribution in [2.75, 3.05) is 38.7 Å². The van der Waals surface area contributed by atoms with Crippen LogP contribution < -0.4 is 10.0 Å². The van der Waals surface area contributed by atoms with Gasteiger partial charge in [-0.2, -0.15) is 24.5 Å². The third kappa shape index (κ3) is 9.73. The Bertz CT molecular complexity index is 359. The first kappa shape index (κ1) is 19.2. The second-order valence-corrected chi connectivity index (χ2v) is 8.56. The molecule has 0 saturated heterocycles. The number of nitrogens with one attached hydrogen (secondary N) is 2. The molecular weight excluding hydrogens is 306 g/mol. The van der Waals surface area contributed by atoms with Crippen LogP contribution in [0.3, 0.4) is 0 Å². The number of hydrogen-bond acceptors (Lipinski definition) is 4. The lowest BCUT2D eigenvalue weighted by atomic mass is 10.2. The molecule has 0 radical (unpaired) electrons. The molecule has 1 aliphatic carbocycles. The van der Waals surface area contributed by atoms with Crippen LogP contribution in [0.1, 0.15) is 44.9 Å². The van der Waals surface area contributed by atoms with Crippen molar-refractivity contribution in [3.63, 3.8) is 0 Å². The van der Waals surface area contributed by atoms with Crippen LogP contribution in [-0.4, -0.2) is 57.5 Å². The minimum atomic E-state index is -3.29. The summed E-state index contributed by atoms with van der Waals surface area (Å²) in [5.41, 5.74) is 0. The maximum Gasteiger partial charge on any atom is 0.279 e. The summed E-state index contributed by atoms with van der Waals surface area (Å²) in [5, 5.41) is 3.40. The zero-order chi connectivity index (χ0) is 15.6. The summed E-state index contributed by atoms with van der Waals surface area (Å²) in [7, 11) is -1.64. The monoisotopic (exact) mass is 337 g/mol. The molecule has 1 rings (SSSR count). The van der Waals surface area contributed by atoms with Gasteiger partial charge in [0.25, 0.3) is 10.2 Å². The van der Waals surface area contributed by atoms with Gasteiger partial charge in [-0.1, -0.05) is 12.8 Å². The second-order valence-electron chi connectivity index (χ2n) is 5.71. The van der Waals surface area contributed by atoms with E-state index in [-0.39, 0.29) is 0 Å². The van der Waals surface area contributed by atoms with E-state index in [1.165, 1.54) is 35.7 Å². The summed E-state index contributed by atoms with van der Waals surface area (Å²) < 4.78 is 28.1. The Labute approximate surface area is 134 Å². The molecule has 7 heteroatoms. The Morgan fingerprint density at radius 3 is 2.48 bits per heavy atom. The first-order valence-corrected chi connectivity index (χ1v) is 10.8. The quantitative estimate of drug-likeness (QED) is 0.475. The van der Waals surface area contributed by atoms with Gasteiger partial charge in [0.2, 0.25) is 0 Å². The molecule has 2 N–H and O–H groups in total. The third-order valence-corrected chi connectivity index (χ3v) is 5.90. The van der Waals surface area contributed by atoms with Crippen LogP contribution in [0.2, 0.25) is 0 Å². The van der Waals surface area contributed by atoms with Crippen LogP contribution >= 0.6 is 11.8 Å². The lowest BCUT2D eigenvalue weighted by molar-refractivity contribution is 0.443. The van der Waals surface area contributed by atoms with E-state index in [4.69, 9.17) is 0 Å². The average molecular weight is 338 g/mol. The molecule has 0 amide bonds. The molecule has 0 aliphatic heterocycles. The highest BCUT2D eigenvalue weighted by Gasteiger charge is 2.20.